The molecule has 0 saturated carbocycles. The quantitative estimate of drug-likeness (QED) is 0.620. The van der Waals surface area contributed by atoms with Crippen LogP contribution in [0.1, 0.15) is 44.7 Å². The first kappa shape index (κ1) is 18.3. The lowest BCUT2D eigenvalue weighted by Crippen LogP contribution is -2.34. The maximum Gasteiger partial charge on any atom is 0.407 e. The molecular formula is C15H24N2O5. The minimum atomic E-state index is -1.19. The van der Waals surface area contributed by atoms with Gasteiger partial charge >= 0.3 is 6.09 Å². The van der Waals surface area contributed by atoms with Crippen LogP contribution in [0.3, 0.4) is 0 Å². The Kier molecular flexibility index (Phi) is 6.73. The molecule has 1 heterocycles. The molecule has 1 aromatic heterocycles. The molecule has 1 rings (SSSR count). The van der Waals surface area contributed by atoms with E-state index in [2.05, 4.69) is 10.3 Å². The first-order chi connectivity index (χ1) is 10.2. The van der Waals surface area contributed by atoms with Crippen LogP contribution in [-0.4, -0.2) is 44.6 Å². The zero-order valence-corrected chi connectivity index (χ0v) is 13.1. The third-order valence-electron chi connectivity index (χ3n) is 2.77. The molecule has 0 aliphatic rings. The minimum Gasteiger partial charge on any atom is -0.444 e. The van der Waals surface area contributed by atoms with Crippen molar-refractivity contribution in [3.63, 3.8) is 0 Å². The van der Waals surface area contributed by atoms with Crippen molar-refractivity contribution in [2.24, 2.45) is 0 Å². The van der Waals surface area contributed by atoms with Crippen LogP contribution in [0.5, 0.6) is 0 Å². The van der Waals surface area contributed by atoms with Crippen molar-refractivity contribution in [3.05, 3.63) is 29.6 Å². The first-order valence-corrected chi connectivity index (χ1v) is 7.12. The molecule has 0 aromatic carbocycles. The van der Waals surface area contributed by atoms with Gasteiger partial charge < -0.3 is 25.4 Å². The number of aliphatic hydroxyl groups excluding tert-OH is 3. The molecule has 1 aromatic rings. The number of pyridine rings is 1. The Bertz CT molecular complexity index is 487. The highest BCUT2D eigenvalue weighted by Crippen LogP contribution is 2.17. The number of carbonyl (C=O) groups excluding carboxylic acids is 1. The molecule has 1 amide bonds. The van der Waals surface area contributed by atoms with Crippen LogP contribution in [0.4, 0.5) is 4.79 Å². The molecule has 22 heavy (non-hydrogen) atoms. The van der Waals surface area contributed by atoms with Crippen molar-refractivity contribution in [2.75, 3.05) is 6.54 Å². The topological polar surface area (TPSA) is 112 Å². The van der Waals surface area contributed by atoms with Crippen molar-refractivity contribution >= 4 is 6.09 Å². The number of nitrogens with one attached hydrogen (secondary N) is 1. The first-order valence-electron chi connectivity index (χ1n) is 7.12. The summed E-state index contributed by atoms with van der Waals surface area (Å²) in [6.07, 6.45) is -2.70. The Morgan fingerprint density at radius 2 is 2.05 bits per heavy atom. The summed E-state index contributed by atoms with van der Waals surface area (Å²) in [5.74, 6) is 0. The Balaban J connectivity index is 2.44. The monoisotopic (exact) mass is 312 g/mol. The molecule has 4 N–H and O–H groups in total. The summed E-state index contributed by atoms with van der Waals surface area (Å²) < 4.78 is 5.06. The third kappa shape index (κ3) is 6.38. The Labute approximate surface area is 130 Å². The summed E-state index contributed by atoms with van der Waals surface area (Å²) in [4.78, 5) is 15.5. The fraction of sp³-hybridized carbons (Fsp3) is 0.600. The second-order valence-electron chi connectivity index (χ2n) is 5.94. The fourth-order valence-electron chi connectivity index (χ4n) is 1.74. The zero-order chi connectivity index (χ0) is 16.8. The van der Waals surface area contributed by atoms with Gasteiger partial charge in [0.1, 0.15) is 11.7 Å². The van der Waals surface area contributed by atoms with Crippen molar-refractivity contribution < 1.29 is 24.9 Å². The average molecular weight is 312 g/mol. The zero-order valence-electron chi connectivity index (χ0n) is 13.1. The Morgan fingerprint density at radius 1 is 1.36 bits per heavy atom. The number of aromatic nitrogens is 1. The normalized spacial score (nSPS) is 14.3. The molecule has 2 atom stereocenters. The second-order valence-corrected chi connectivity index (χ2v) is 5.94. The highest BCUT2D eigenvalue weighted by molar-refractivity contribution is 5.67. The SMILES string of the molecule is CC(C)(C)OC(=O)NCCC(O)C(O)c1cccc(CO)n1. The van der Waals surface area contributed by atoms with Gasteiger partial charge in [-0.3, -0.25) is 4.98 Å². The third-order valence-corrected chi connectivity index (χ3v) is 2.77. The lowest BCUT2D eigenvalue weighted by Gasteiger charge is -2.21. The van der Waals surface area contributed by atoms with E-state index in [0.29, 0.717) is 5.69 Å². The molecule has 0 spiro atoms. The average Bonchev–Trinajstić information content (AvgIpc) is 2.44. The fourth-order valence-corrected chi connectivity index (χ4v) is 1.74. The Morgan fingerprint density at radius 3 is 2.64 bits per heavy atom. The Hall–Kier alpha value is -1.70. The predicted octanol–water partition coefficient (Wildman–Crippen LogP) is 0.883. The van der Waals surface area contributed by atoms with E-state index in [9.17, 15) is 15.0 Å². The van der Waals surface area contributed by atoms with Crippen LogP contribution in [-0.2, 0) is 11.3 Å². The summed E-state index contributed by atoms with van der Waals surface area (Å²) in [6.45, 7) is 5.19. The van der Waals surface area contributed by atoms with Gasteiger partial charge in [-0.1, -0.05) is 6.07 Å². The number of alkyl carbamates (subject to hydrolysis) is 1. The number of hydrogen-bond acceptors (Lipinski definition) is 6. The number of nitrogens with zero attached hydrogens (tertiary/aromatic N) is 1. The smallest absolute Gasteiger partial charge is 0.407 e. The van der Waals surface area contributed by atoms with E-state index in [-0.39, 0.29) is 25.3 Å². The van der Waals surface area contributed by atoms with Crippen molar-refractivity contribution in [3.8, 4) is 0 Å². The molecular weight excluding hydrogens is 288 g/mol. The molecule has 0 radical (unpaired) electrons. The number of carbonyl (C=O) groups is 1. The lowest BCUT2D eigenvalue weighted by atomic mass is 10.1. The molecule has 124 valence electrons. The van der Waals surface area contributed by atoms with Gasteiger partial charge in [-0.25, -0.2) is 4.79 Å². The molecule has 0 aliphatic heterocycles. The second kappa shape index (κ2) is 8.07. The molecule has 7 nitrogen and oxygen atoms in total. The minimum absolute atomic E-state index is 0.144. The van der Waals surface area contributed by atoms with Crippen LogP contribution in [0.2, 0.25) is 0 Å². The summed E-state index contributed by atoms with van der Waals surface area (Å²) in [5, 5.41) is 31.5. The molecule has 0 aliphatic carbocycles. The lowest BCUT2D eigenvalue weighted by molar-refractivity contribution is 0.00972. The maximum atomic E-state index is 11.4. The van der Waals surface area contributed by atoms with Crippen LogP contribution < -0.4 is 5.32 Å². The van der Waals surface area contributed by atoms with E-state index >= 15 is 0 Å². The van der Waals surface area contributed by atoms with Crippen LogP contribution in [0.15, 0.2) is 18.2 Å². The summed E-state index contributed by atoms with van der Waals surface area (Å²) in [5.41, 5.74) is 0.101. The molecule has 0 bridgehead atoms. The van der Waals surface area contributed by atoms with E-state index in [1.165, 1.54) is 0 Å². The summed E-state index contributed by atoms with van der Waals surface area (Å²) in [6, 6.07) is 4.82. The predicted molar refractivity (Wildman–Crippen MR) is 80.0 cm³/mol. The molecule has 0 saturated heterocycles. The van der Waals surface area contributed by atoms with E-state index in [1.54, 1.807) is 39.0 Å². The largest absolute Gasteiger partial charge is 0.444 e. The van der Waals surface area contributed by atoms with E-state index in [1.807, 2.05) is 0 Å². The van der Waals surface area contributed by atoms with Crippen LogP contribution >= 0.6 is 0 Å². The number of hydrogen-bond donors (Lipinski definition) is 4. The van der Waals surface area contributed by atoms with Gasteiger partial charge in [0.2, 0.25) is 0 Å². The molecule has 2 unspecified atom stereocenters. The maximum absolute atomic E-state index is 11.4. The van der Waals surface area contributed by atoms with E-state index in [4.69, 9.17) is 9.84 Å². The number of rotatable bonds is 6. The molecule has 0 fully saturated rings. The van der Waals surface area contributed by atoms with Gasteiger partial charge in [0.25, 0.3) is 0 Å². The van der Waals surface area contributed by atoms with Crippen molar-refractivity contribution in [1.82, 2.24) is 10.3 Å². The van der Waals surface area contributed by atoms with Gasteiger partial charge in [-0.05, 0) is 39.3 Å². The number of ether oxygens (including phenoxy) is 1. The van der Waals surface area contributed by atoms with Crippen LogP contribution in [0, 0.1) is 0 Å². The van der Waals surface area contributed by atoms with Crippen molar-refractivity contribution in [1.29, 1.82) is 0 Å². The van der Waals surface area contributed by atoms with E-state index in [0.717, 1.165) is 0 Å². The number of aliphatic hydroxyl groups is 3. The van der Waals surface area contributed by atoms with Gasteiger partial charge in [0.15, 0.2) is 0 Å². The summed E-state index contributed by atoms with van der Waals surface area (Å²) >= 11 is 0. The van der Waals surface area contributed by atoms with E-state index < -0.39 is 23.9 Å². The molecule has 7 heteroatoms. The van der Waals surface area contributed by atoms with Crippen LogP contribution in [0.25, 0.3) is 0 Å². The highest BCUT2D eigenvalue weighted by atomic mass is 16.6. The van der Waals surface area contributed by atoms with Gasteiger partial charge in [-0.15, -0.1) is 0 Å². The summed E-state index contributed by atoms with van der Waals surface area (Å²) in [7, 11) is 0. The number of amides is 1. The highest BCUT2D eigenvalue weighted by Gasteiger charge is 2.21. The van der Waals surface area contributed by atoms with Gasteiger partial charge in [-0.2, -0.15) is 0 Å². The van der Waals surface area contributed by atoms with Gasteiger partial charge in [0, 0.05) is 6.54 Å². The standard InChI is InChI=1S/C15H24N2O5/c1-15(2,3)22-14(21)16-8-7-12(19)13(20)11-6-4-5-10(9-18)17-11/h4-6,12-13,18-20H,7-9H2,1-3H3,(H,16,21). The van der Waals surface area contributed by atoms with Gasteiger partial charge in [0.05, 0.1) is 24.1 Å². The van der Waals surface area contributed by atoms with Crippen molar-refractivity contribution in [2.45, 2.75) is 51.6 Å².